The predicted molar refractivity (Wildman–Crippen MR) is 85.8 cm³/mol. The highest BCUT2D eigenvalue weighted by molar-refractivity contribution is 7.91. The summed E-state index contributed by atoms with van der Waals surface area (Å²) in [6, 6.07) is 6.34. The Labute approximate surface area is 143 Å². The summed E-state index contributed by atoms with van der Waals surface area (Å²) in [4.78, 5) is 19.6. The van der Waals surface area contributed by atoms with Crippen molar-refractivity contribution in [3.05, 3.63) is 46.2 Å². The number of para-hydroxylation sites is 1. The second-order valence-corrected chi connectivity index (χ2v) is 7.31. The van der Waals surface area contributed by atoms with E-state index in [0.717, 1.165) is 6.20 Å². The molecular weight excluding hydrogens is 363 g/mol. The second kappa shape index (κ2) is 7.25. The van der Waals surface area contributed by atoms with Crippen LogP contribution >= 0.6 is 23.2 Å². The normalized spacial score (nSPS) is 11.3. The molecule has 2 rings (SSSR count). The zero-order chi connectivity index (χ0) is 17.0. The first-order chi connectivity index (χ1) is 10.8. The van der Waals surface area contributed by atoms with Crippen molar-refractivity contribution in [3.8, 4) is 5.75 Å². The van der Waals surface area contributed by atoms with Gasteiger partial charge in [-0.15, -0.1) is 0 Å². The predicted octanol–water partition coefficient (Wildman–Crippen LogP) is 3.19. The molecule has 0 aliphatic carbocycles. The van der Waals surface area contributed by atoms with Crippen molar-refractivity contribution < 1.29 is 17.9 Å². The highest BCUT2D eigenvalue weighted by atomic mass is 35.5. The van der Waals surface area contributed by atoms with E-state index in [0.29, 0.717) is 6.42 Å². The van der Waals surface area contributed by atoms with Crippen LogP contribution in [0.2, 0.25) is 10.0 Å². The molecule has 0 fully saturated rings. The fourth-order valence-corrected chi connectivity index (χ4v) is 3.19. The van der Waals surface area contributed by atoms with Crippen LogP contribution < -0.4 is 4.74 Å². The first kappa shape index (κ1) is 17.7. The van der Waals surface area contributed by atoms with Gasteiger partial charge in [0.05, 0.1) is 22.0 Å². The first-order valence-corrected chi connectivity index (χ1v) is 8.98. The lowest BCUT2D eigenvalue weighted by atomic mass is 10.3. The maximum Gasteiger partial charge on any atom is 0.364 e. The molecule has 0 unspecified atom stereocenters. The van der Waals surface area contributed by atoms with Gasteiger partial charge in [0.15, 0.2) is 5.69 Å². The number of hydrogen-bond acceptors (Lipinski definition) is 6. The van der Waals surface area contributed by atoms with Crippen molar-refractivity contribution in [2.75, 3.05) is 5.75 Å². The molecule has 6 nitrogen and oxygen atoms in total. The molecule has 0 saturated carbocycles. The molecule has 0 bridgehead atoms. The monoisotopic (exact) mass is 374 g/mol. The van der Waals surface area contributed by atoms with Gasteiger partial charge in [-0.2, -0.15) is 0 Å². The topological polar surface area (TPSA) is 86.2 Å². The van der Waals surface area contributed by atoms with Crippen molar-refractivity contribution in [2.45, 2.75) is 18.5 Å². The molecular formula is C14H12Cl2N2O4S. The molecule has 0 saturated heterocycles. The maximum absolute atomic E-state index is 12.2. The van der Waals surface area contributed by atoms with Gasteiger partial charge < -0.3 is 4.74 Å². The van der Waals surface area contributed by atoms with Gasteiger partial charge in [0.1, 0.15) is 5.75 Å². The van der Waals surface area contributed by atoms with E-state index in [1.807, 2.05) is 0 Å². The first-order valence-electron chi connectivity index (χ1n) is 6.57. The highest BCUT2D eigenvalue weighted by Crippen LogP contribution is 2.25. The molecule has 1 aromatic carbocycles. The van der Waals surface area contributed by atoms with Crippen LogP contribution in [-0.2, 0) is 9.84 Å². The molecule has 23 heavy (non-hydrogen) atoms. The van der Waals surface area contributed by atoms with Crippen LogP contribution in [-0.4, -0.2) is 30.1 Å². The quantitative estimate of drug-likeness (QED) is 0.453. The Morgan fingerprint density at radius 1 is 1.22 bits per heavy atom. The Bertz CT molecular complexity index is 840. The van der Waals surface area contributed by atoms with E-state index in [2.05, 4.69) is 9.97 Å². The van der Waals surface area contributed by atoms with Gasteiger partial charge in [0.25, 0.3) is 0 Å². The fraction of sp³-hybridized carbons (Fsp3) is 0.214. The van der Waals surface area contributed by atoms with E-state index in [1.165, 1.54) is 6.07 Å². The van der Waals surface area contributed by atoms with Crippen molar-refractivity contribution in [1.82, 2.24) is 9.97 Å². The third kappa shape index (κ3) is 4.19. The molecule has 2 aromatic rings. The average Bonchev–Trinajstić information content (AvgIpc) is 2.49. The lowest BCUT2D eigenvalue weighted by molar-refractivity contribution is 0.0727. The number of halogens is 2. The number of ether oxygens (including phenoxy) is 1. The summed E-state index contributed by atoms with van der Waals surface area (Å²) in [6.07, 6.45) is 1.45. The number of rotatable bonds is 5. The molecule has 9 heteroatoms. The second-order valence-electron chi connectivity index (χ2n) is 4.49. The lowest BCUT2D eigenvalue weighted by Crippen LogP contribution is -2.17. The third-order valence-corrected chi connectivity index (χ3v) is 4.99. The molecule has 1 aromatic heterocycles. The van der Waals surface area contributed by atoms with E-state index in [-0.39, 0.29) is 27.2 Å². The van der Waals surface area contributed by atoms with E-state index in [9.17, 15) is 13.2 Å². The van der Waals surface area contributed by atoms with Gasteiger partial charge in [-0.05, 0) is 18.6 Å². The lowest BCUT2D eigenvalue weighted by Gasteiger charge is -2.08. The Balaban J connectivity index is 2.36. The Hall–Kier alpha value is -1.70. The SMILES string of the molecule is CCCS(=O)(=O)c1ncc(Cl)c(C(=O)Oc2ccccc2Cl)n1. The van der Waals surface area contributed by atoms with Crippen LogP contribution in [0.15, 0.2) is 35.6 Å². The molecule has 0 spiro atoms. The number of benzene rings is 1. The smallest absolute Gasteiger partial charge is 0.364 e. The number of aromatic nitrogens is 2. The van der Waals surface area contributed by atoms with Gasteiger partial charge in [0, 0.05) is 0 Å². The summed E-state index contributed by atoms with van der Waals surface area (Å²) in [5.74, 6) is -0.932. The zero-order valence-electron chi connectivity index (χ0n) is 12.0. The van der Waals surface area contributed by atoms with Crippen molar-refractivity contribution in [1.29, 1.82) is 0 Å². The largest absolute Gasteiger partial charge is 0.420 e. The van der Waals surface area contributed by atoms with Gasteiger partial charge in [-0.25, -0.2) is 23.2 Å². The van der Waals surface area contributed by atoms with E-state index in [4.69, 9.17) is 27.9 Å². The minimum Gasteiger partial charge on any atom is -0.420 e. The molecule has 0 radical (unpaired) electrons. The van der Waals surface area contributed by atoms with E-state index >= 15 is 0 Å². The molecule has 0 aliphatic heterocycles. The molecule has 0 amide bonds. The highest BCUT2D eigenvalue weighted by Gasteiger charge is 2.23. The zero-order valence-corrected chi connectivity index (χ0v) is 14.3. The summed E-state index contributed by atoms with van der Waals surface area (Å²) in [6.45, 7) is 1.71. The Morgan fingerprint density at radius 3 is 2.57 bits per heavy atom. The number of hydrogen-bond donors (Lipinski definition) is 0. The Kier molecular flexibility index (Phi) is 5.56. The number of nitrogens with zero attached hydrogens (tertiary/aromatic N) is 2. The van der Waals surface area contributed by atoms with E-state index in [1.54, 1.807) is 25.1 Å². The third-order valence-electron chi connectivity index (χ3n) is 2.71. The van der Waals surface area contributed by atoms with Crippen LogP contribution in [0.4, 0.5) is 0 Å². The van der Waals surface area contributed by atoms with Crippen molar-refractivity contribution in [2.24, 2.45) is 0 Å². The fourth-order valence-electron chi connectivity index (χ4n) is 1.68. The molecule has 0 aliphatic rings. The number of sulfone groups is 1. The summed E-state index contributed by atoms with van der Waals surface area (Å²) in [7, 11) is -3.68. The average molecular weight is 375 g/mol. The summed E-state index contributed by atoms with van der Waals surface area (Å²) in [5, 5.41) is -0.350. The van der Waals surface area contributed by atoms with Gasteiger partial charge in [-0.1, -0.05) is 42.3 Å². The summed E-state index contributed by atoms with van der Waals surface area (Å²) < 4.78 is 29.1. The summed E-state index contributed by atoms with van der Waals surface area (Å²) in [5.41, 5.74) is -0.337. The van der Waals surface area contributed by atoms with Gasteiger partial charge in [-0.3, -0.25) is 0 Å². The van der Waals surface area contributed by atoms with Crippen LogP contribution in [0.3, 0.4) is 0 Å². The van der Waals surface area contributed by atoms with Crippen molar-refractivity contribution >= 4 is 39.0 Å². The minimum atomic E-state index is -3.68. The Morgan fingerprint density at radius 2 is 1.91 bits per heavy atom. The minimum absolute atomic E-state index is 0.113. The van der Waals surface area contributed by atoms with Crippen LogP contribution in [0, 0.1) is 0 Å². The molecule has 0 N–H and O–H groups in total. The van der Waals surface area contributed by atoms with Gasteiger partial charge in [0.2, 0.25) is 15.0 Å². The van der Waals surface area contributed by atoms with Crippen molar-refractivity contribution in [3.63, 3.8) is 0 Å². The van der Waals surface area contributed by atoms with Crippen LogP contribution in [0.5, 0.6) is 5.75 Å². The summed E-state index contributed by atoms with van der Waals surface area (Å²) >= 11 is 11.8. The molecule has 122 valence electrons. The van der Waals surface area contributed by atoms with E-state index < -0.39 is 21.0 Å². The molecule has 1 heterocycles. The van der Waals surface area contributed by atoms with Gasteiger partial charge >= 0.3 is 5.97 Å². The maximum atomic E-state index is 12.2. The van der Waals surface area contributed by atoms with Crippen LogP contribution in [0.25, 0.3) is 0 Å². The van der Waals surface area contributed by atoms with Crippen LogP contribution in [0.1, 0.15) is 23.8 Å². The number of carbonyl (C=O) groups is 1. The molecule has 0 atom stereocenters. The standard InChI is InChI=1S/C14H12Cl2N2O4S/c1-2-7-23(20,21)14-17-8-10(16)12(18-14)13(19)22-11-6-4-3-5-9(11)15/h3-6,8H,2,7H2,1H3. The number of carbonyl (C=O) groups excluding carboxylic acids is 1. The number of esters is 1.